The Balaban J connectivity index is 1.34. The van der Waals surface area contributed by atoms with E-state index in [1.54, 1.807) is 0 Å². The summed E-state index contributed by atoms with van der Waals surface area (Å²) in [7, 11) is 0. The van der Waals surface area contributed by atoms with Crippen LogP contribution in [0.25, 0.3) is 5.65 Å². The predicted octanol–water partition coefficient (Wildman–Crippen LogP) is 3.20. The summed E-state index contributed by atoms with van der Waals surface area (Å²) in [6.45, 7) is 5.30. The highest BCUT2D eigenvalue weighted by atomic mass is 16.1. The lowest BCUT2D eigenvalue weighted by Crippen LogP contribution is -2.42. The zero-order valence-electron chi connectivity index (χ0n) is 19.5. The van der Waals surface area contributed by atoms with Gasteiger partial charge in [0.1, 0.15) is 11.3 Å². The van der Waals surface area contributed by atoms with Crippen molar-refractivity contribution in [2.45, 2.75) is 63.5 Å². The van der Waals surface area contributed by atoms with Gasteiger partial charge in [0.25, 0.3) is 5.91 Å². The summed E-state index contributed by atoms with van der Waals surface area (Å²) in [6.07, 6.45) is 10.8. The van der Waals surface area contributed by atoms with E-state index in [4.69, 9.17) is 10.7 Å². The number of amides is 1. The van der Waals surface area contributed by atoms with Crippen molar-refractivity contribution in [1.29, 1.82) is 0 Å². The first-order valence-corrected chi connectivity index (χ1v) is 12.2. The van der Waals surface area contributed by atoms with Crippen LogP contribution in [0.4, 0.5) is 0 Å². The first kappa shape index (κ1) is 22.0. The molecule has 7 heteroatoms. The third-order valence-corrected chi connectivity index (χ3v) is 7.39. The van der Waals surface area contributed by atoms with Gasteiger partial charge in [0.15, 0.2) is 0 Å². The van der Waals surface area contributed by atoms with Crippen molar-refractivity contribution in [1.82, 2.24) is 24.6 Å². The average molecular weight is 447 g/mol. The summed E-state index contributed by atoms with van der Waals surface area (Å²) in [4.78, 5) is 24.9. The summed E-state index contributed by atoms with van der Waals surface area (Å²) < 4.78 is 1.92. The van der Waals surface area contributed by atoms with Crippen molar-refractivity contribution in [3.05, 3.63) is 65.4 Å². The van der Waals surface area contributed by atoms with Gasteiger partial charge in [-0.05, 0) is 49.9 Å². The number of aromatic nitrogens is 3. The van der Waals surface area contributed by atoms with Gasteiger partial charge in [-0.1, -0.05) is 31.4 Å². The smallest absolute Gasteiger partial charge is 0.268 e. The first-order valence-electron chi connectivity index (χ1n) is 12.2. The number of aryl methyl sites for hydroxylation is 1. The number of nitrogens with zero attached hydrogens (tertiary/aromatic N) is 4. The standard InChI is InChI=1S/C26H34N6O/c1-19-8-9-20(14-28-19)26(11-3-2-4-12-26)18-29-25(33)23-6-5-7-24-30-22(17-32(23)24)16-31-13-10-21(27)15-31/h5-9,14,17,21H,2-4,10-13,15-16,18,27H2,1H3,(H,29,33)/t21-/m1/s1. The fourth-order valence-electron chi connectivity index (χ4n) is 5.48. The Morgan fingerprint density at radius 1 is 1.21 bits per heavy atom. The molecular formula is C26H34N6O. The molecule has 0 bridgehead atoms. The maximum Gasteiger partial charge on any atom is 0.268 e. The molecule has 1 saturated heterocycles. The number of hydrogen-bond donors (Lipinski definition) is 2. The van der Waals surface area contributed by atoms with E-state index in [9.17, 15) is 4.79 Å². The predicted molar refractivity (Wildman–Crippen MR) is 129 cm³/mol. The van der Waals surface area contributed by atoms with Crippen LogP contribution in [0, 0.1) is 6.92 Å². The SMILES string of the molecule is Cc1ccc(C2(CNC(=O)c3cccc4nc(CN5CC[C@@H](N)C5)cn34)CCCCC2)cn1. The van der Waals surface area contributed by atoms with Gasteiger partial charge >= 0.3 is 0 Å². The van der Waals surface area contributed by atoms with Crippen LogP contribution in [0.15, 0.2) is 42.7 Å². The fourth-order valence-corrected chi connectivity index (χ4v) is 5.48. The highest BCUT2D eigenvalue weighted by Crippen LogP contribution is 2.38. The lowest BCUT2D eigenvalue weighted by molar-refractivity contribution is 0.0930. The molecule has 0 unspecified atom stereocenters. The van der Waals surface area contributed by atoms with Crippen molar-refractivity contribution < 1.29 is 4.79 Å². The molecule has 174 valence electrons. The van der Waals surface area contributed by atoms with E-state index >= 15 is 0 Å². The summed E-state index contributed by atoms with van der Waals surface area (Å²) in [5, 5.41) is 3.26. The van der Waals surface area contributed by atoms with Gasteiger partial charge in [-0.15, -0.1) is 0 Å². The summed E-state index contributed by atoms with van der Waals surface area (Å²) in [6, 6.07) is 10.3. The van der Waals surface area contributed by atoms with Gasteiger partial charge in [-0.2, -0.15) is 0 Å². The van der Waals surface area contributed by atoms with E-state index in [0.29, 0.717) is 12.2 Å². The number of nitrogens with one attached hydrogen (secondary N) is 1. The molecule has 3 aromatic rings. The van der Waals surface area contributed by atoms with Gasteiger partial charge in [-0.25, -0.2) is 4.98 Å². The highest BCUT2D eigenvalue weighted by molar-refractivity contribution is 5.93. The van der Waals surface area contributed by atoms with Crippen LogP contribution in [-0.2, 0) is 12.0 Å². The Bertz CT molecular complexity index is 1120. The Morgan fingerprint density at radius 3 is 2.79 bits per heavy atom. The Hall–Kier alpha value is -2.77. The zero-order valence-corrected chi connectivity index (χ0v) is 19.5. The van der Waals surface area contributed by atoms with E-state index in [-0.39, 0.29) is 17.4 Å². The molecule has 4 heterocycles. The van der Waals surface area contributed by atoms with Gasteiger partial charge in [0, 0.05) is 55.7 Å². The minimum atomic E-state index is -0.0576. The molecule has 5 rings (SSSR count). The molecule has 7 nitrogen and oxygen atoms in total. The number of fused-ring (bicyclic) bond motifs is 1. The van der Waals surface area contributed by atoms with Gasteiger partial charge in [0.2, 0.25) is 0 Å². The number of hydrogen-bond acceptors (Lipinski definition) is 5. The quantitative estimate of drug-likeness (QED) is 0.607. The topological polar surface area (TPSA) is 88.5 Å². The normalized spacial score (nSPS) is 20.8. The van der Waals surface area contributed by atoms with E-state index in [0.717, 1.165) is 55.9 Å². The molecular weight excluding hydrogens is 412 g/mol. The van der Waals surface area contributed by atoms with E-state index in [1.807, 2.05) is 41.9 Å². The van der Waals surface area contributed by atoms with E-state index in [2.05, 4.69) is 27.3 Å². The summed E-state index contributed by atoms with van der Waals surface area (Å²) >= 11 is 0. The number of carbonyl (C=O) groups excluding carboxylic acids is 1. The summed E-state index contributed by atoms with van der Waals surface area (Å²) in [5.41, 5.74) is 10.7. The van der Waals surface area contributed by atoms with Crippen LogP contribution in [0.1, 0.15) is 66.0 Å². The van der Waals surface area contributed by atoms with Crippen molar-refractivity contribution in [3.63, 3.8) is 0 Å². The average Bonchev–Trinajstić information content (AvgIpc) is 3.43. The van der Waals surface area contributed by atoms with E-state index < -0.39 is 0 Å². The molecule has 2 aliphatic rings. The third kappa shape index (κ3) is 4.66. The number of likely N-dealkylation sites (tertiary alicyclic amines) is 1. The van der Waals surface area contributed by atoms with Crippen molar-refractivity contribution in [3.8, 4) is 0 Å². The van der Waals surface area contributed by atoms with Crippen LogP contribution in [0.3, 0.4) is 0 Å². The summed E-state index contributed by atoms with van der Waals surface area (Å²) in [5.74, 6) is -0.0576. The van der Waals surface area contributed by atoms with Gasteiger partial charge in [-0.3, -0.25) is 19.1 Å². The van der Waals surface area contributed by atoms with Crippen molar-refractivity contribution in [2.24, 2.45) is 5.73 Å². The minimum Gasteiger partial charge on any atom is -0.350 e. The molecule has 3 aromatic heterocycles. The minimum absolute atomic E-state index is 0.0445. The maximum atomic E-state index is 13.3. The Morgan fingerprint density at radius 2 is 2.06 bits per heavy atom. The fraction of sp³-hybridized carbons (Fsp3) is 0.500. The zero-order chi connectivity index (χ0) is 22.8. The molecule has 1 atom stereocenters. The molecule has 0 spiro atoms. The third-order valence-electron chi connectivity index (χ3n) is 7.39. The first-order chi connectivity index (χ1) is 16.0. The second-order valence-electron chi connectivity index (χ2n) is 9.87. The molecule has 0 radical (unpaired) electrons. The molecule has 1 saturated carbocycles. The monoisotopic (exact) mass is 446 g/mol. The molecule has 0 aromatic carbocycles. The maximum absolute atomic E-state index is 13.3. The van der Waals surface area contributed by atoms with Crippen LogP contribution in [0.5, 0.6) is 0 Å². The molecule has 1 aliphatic heterocycles. The highest BCUT2D eigenvalue weighted by Gasteiger charge is 2.34. The van der Waals surface area contributed by atoms with Crippen LogP contribution in [-0.4, -0.2) is 50.9 Å². The molecule has 2 fully saturated rings. The number of carbonyl (C=O) groups is 1. The van der Waals surface area contributed by atoms with Gasteiger partial charge in [0.05, 0.1) is 5.69 Å². The largest absolute Gasteiger partial charge is 0.350 e. The van der Waals surface area contributed by atoms with Crippen molar-refractivity contribution in [2.75, 3.05) is 19.6 Å². The number of imidazole rings is 1. The van der Waals surface area contributed by atoms with Crippen molar-refractivity contribution >= 4 is 11.6 Å². The Labute approximate surface area is 195 Å². The lowest BCUT2D eigenvalue weighted by Gasteiger charge is -2.38. The molecule has 1 amide bonds. The molecule has 1 aliphatic carbocycles. The number of rotatable bonds is 6. The van der Waals surface area contributed by atoms with Crippen LogP contribution >= 0.6 is 0 Å². The van der Waals surface area contributed by atoms with Crippen LogP contribution < -0.4 is 11.1 Å². The Kier molecular flexibility index (Phi) is 6.17. The number of pyridine rings is 2. The number of nitrogens with two attached hydrogens (primary N) is 1. The van der Waals surface area contributed by atoms with E-state index in [1.165, 1.54) is 24.8 Å². The van der Waals surface area contributed by atoms with Gasteiger partial charge < -0.3 is 11.1 Å². The second kappa shape index (κ2) is 9.23. The second-order valence-corrected chi connectivity index (χ2v) is 9.87. The molecule has 3 N–H and O–H groups in total. The molecule has 33 heavy (non-hydrogen) atoms. The lowest BCUT2D eigenvalue weighted by atomic mass is 9.69. The van der Waals surface area contributed by atoms with Crippen LogP contribution in [0.2, 0.25) is 0 Å².